The van der Waals surface area contributed by atoms with Crippen molar-refractivity contribution in [2.75, 3.05) is 21.2 Å². The van der Waals surface area contributed by atoms with Crippen LogP contribution in [0.2, 0.25) is 0 Å². The third kappa shape index (κ3) is 1.48. The molecule has 0 fully saturated rings. The smallest absolute Gasteiger partial charge is 0.291 e. The number of carboxylic acid groups (broad SMARTS) is 1. The van der Waals surface area contributed by atoms with Gasteiger partial charge in [-0.05, 0) is 0 Å². The van der Waals surface area contributed by atoms with Gasteiger partial charge in [-0.25, -0.2) is 4.84 Å². The minimum absolute atomic E-state index is 0.569. The first-order valence-corrected chi connectivity index (χ1v) is 2.12. The highest BCUT2D eigenvalue weighted by atomic mass is 16.7. The number of rotatable bonds is 1. The molecule has 0 spiro atoms. The molecule has 48 valence electrons. The Morgan fingerprint density at radius 3 is 2.00 bits per heavy atom. The van der Waals surface area contributed by atoms with E-state index in [2.05, 4.69) is 4.84 Å². The summed E-state index contributed by atoms with van der Waals surface area (Å²) >= 11 is 0. The van der Waals surface area contributed by atoms with Crippen molar-refractivity contribution < 1.29 is 19.4 Å². The molecule has 0 aromatic rings. The lowest BCUT2D eigenvalue weighted by molar-refractivity contribution is -1.02. The number of hydroxylamine groups is 3. The molecule has 0 aliphatic carbocycles. The lowest BCUT2D eigenvalue weighted by Gasteiger charge is -2.23. The van der Waals surface area contributed by atoms with Crippen molar-refractivity contribution in [2.24, 2.45) is 0 Å². The Morgan fingerprint density at radius 1 is 1.62 bits per heavy atom. The Kier molecular flexibility index (Phi) is 1.94. The predicted octanol–water partition coefficient (Wildman–Crippen LogP) is -1.03. The van der Waals surface area contributed by atoms with E-state index >= 15 is 0 Å². The Balaban J connectivity index is 3.91. The molecule has 8 heavy (non-hydrogen) atoms. The molecule has 0 bridgehead atoms. The van der Waals surface area contributed by atoms with Gasteiger partial charge in [-0.1, -0.05) is 0 Å². The highest BCUT2D eigenvalue weighted by molar-refractivity contribution is 5.52. The molecule has 0 radical (unpaired) electrons. The number of carbonyl (C=O) groups excluding carboxylic acids is 1. The topological polar surface area (TPSA) is 49.4 Å². The molecule has 0 unspecified atom stereocenters. The van der Waals surface area contributed by atoms with Crippen LogP contribution < -0.4 is 5.11 Å². The second-order valence-corrected chi connectivity index (χ2v) is 1.80. The fourth-order valence-electron chi connectivity index (χ4n) is 0.0745. The number of amides is 1. The van der Waals surface area contributed by atoms with E-state index in [1.165, 1.54) is 21.2 Å². The number of hydrogen-bond acceptors (Lipinski definition) is 3. The molecule has 0 aromatic heterocycles. The van der Waals surface area contributed by atoms with E-state index in [0.29, 0.717) is 0 Å². The average Bonchev–Trinajstić information content (AvgIpc) is 1.67. The third-order valence-corrected chi connectivity index (χ3v) is 0.896. The van der Waals surface area contributed by atoms with Gasteiger partial charge in [0.15, 0.2) is 0 Å². The normalized spacial score (nSPS) is 11.4. The molecule has 0 aliphatic rings. The van der Waals surface area contributed by atoms with Crippen LogP contribution in [0.15, 0.2) is 0 Å². The maximum absolute atomic E-state index is 9.99. The van der Waals surface area contributed by atoms with Crippen LogP contribution in [0.1, 0.15) is 0 Å². The molecule has 0 atom stereocenters. The van der Waals surface area contributed by atoms with Crippen molar-refractivity contribution in [3.8, 4) is 0 Å². The lowest BCUT2D eigenvalue weighted by atomic mass is 10.9. The second-order valence-electron chi connectivity index (χ2n) is 1.80. The fraction of sp³-hybridized carbons (Fsp3) is 0.750. The zero-order valence-electron chi connectivity index (χ0n) is 5.17. The standard InChI is InChI=1S/C4H9NO3/c1-5(2,8-3)4(6)7/h1-3H3. The molecular weight excluding hydrogens is 110 g/mol. The van der Waals surface area contributed by atoms with Gasteiger partial charge in [-0.3, -0.25) is 0 Å². The van der Waals surface area contributed by atoms with Crippen molar-refractivity contribution >= 4 is 6.09 Å². The Bertz CT molecular complexity index is 99.5. The minimum atomic E-state index is -1.26. The molecular formula is C4H9NO3. The van der Waals surface area contributed by atoms with Crippen molar-refractivity contribution in [3.05, 3.63) is 0 Å². The molecule has 0 N–H and O–H groups in total. The van der Waals surface area contributed by atoms with Crippen LogP contribution in [0, 0.1) is 0 Å². The summed E-state index contributed by atoms with van der Waals surface area (Å²) in [6.07, 6.45) is -1.26. The first kappa shape index (κ1) is 7.39. The summed E-state index contributed by atoms with van der Waals surface area (Å²) in [7, 11) is 4.04. The van der Waals surface area contributed by atoms with Gasteiger partial charge >= 0.3 is 0 Å². The van der Waals surface area contributed by atoms with Crippen LogP contribution in [-0.4, -0.2) is 31.9 Å². The van der Waals surface area contributed by atoms with Gasteiger partial charge in [0.2, 0.25) is 0 Å². The van der Waals surface area contributed by atoms with E-state index in [1.54, 1.807) is 0 Å². The summed E-state index contributed by atoms with van der Waals surface area (Å²) in [4.78, 5) is 14.5. The van der Waals surface area contributed by atoms with Crippen LogP contribution in [0.3, 0.4) is 0 Å². The molecule has 0 saturated heterocycles. The summed E-state index contributed by atoms with van der Waals surface area (Å²) in [5.41, 5.74) is 0. The second kappa shape index (κ2) is 2.11. The van der Waals surface area contributed by atoms with Crippen molar-refractivity contribution in [1.82, 2.24) is 0 Å². The van der Waals surface area contributed by atoms with E-state index in [9.17, 15) is 9.90 Å². The van der Waals surface area contributed by atoms with Crippen molar-refractivity contribution in [1.29, 1.82) is 0 Å². The number of carbonyl (C=O) groups is 1. The quantitative estimate of drug-likeness (QED) is 0.327. The zero-order chi connectivity index (χ0) is 6.78. The Hall–Kier alpha value is -0.610. The highest BCUT2D eigenvalue weighted by Gasteiger charge is 2.15. The van der Waals surface area contributed by atoms with Crippen molar-refractivity contribution in [3.63, 3.8) is 0 Å². The first-order valence-electron chi connectivity index (χ1n) is 2.12. The monoisotopic (exact) mass is 119 g/mol. The summed E-state index contributed by atoms with van der Waals surface area (Å²) in [6, 6.07) is 0. The van der Waals surface area contributed by atoms with Crippen LogP contribution >= 0.6 is 0 Å². The SMILES string of the molecule is CO[N+](C)(C)C(=O)[O-]. The van der Waals surface area contributed by atoms with E-state index < -0.39 is 10.7 Å². The molecule has 0 aromatic carbocycles. The molecule has 0 aliphatic heterocycles. The van der Waals surface area contributed by atoms with E-state index in [-0.39, 0.29) is 0 Å². The first-order chi connectivity index (χ1) is 3.50. The van der Waals surface area contributed by atoms with Gasteiger partial charge in [0.1, 0.15) is 14.1 Å². The van der Waals surface area contributed by atoms with Gasteiger partial charge in [0.05, 0.1) is 7.11 Å². The summed E-state index contributed by atoms with van der Waals surface area (Å²) in [5, 5.41) is 9.99. The molecule has 4 heteroatoms. The van der Waals surface area contributed by atoms with Crippen LogP contribution in [0.4, 0.5) is 4.79 Å². The molecule has 0 heterocycles. The number of nitrogens with zero attached hydrogens (tertiary/aromatic N) is 1. The largest absolute Gasteiger partial charge is 0.496 e. The van der Waals surface area contributed by atoms with Gasteiger partial charge in [-0.2, -0.15) is 0 Å². The summed E-state index contributed by atoms with van der Waals surface area (Å²) < 4.78 is -0.569. The van der Waals surface area contributed by atoms with E-state index in [0.717, 1.165) is 0 Å². The van der Waals surface area contributed by atoms with Crippen LogP contribution in [0.25, 0.3) is 0 Å². The van der Waals surface area contributed by atoms with Crippen LogP contribution in [-0.2, 0) is 4.84 Å². The predicted molar refractivity (Wildman–Crippen MR) is 24.5 cm³/mol. The zero-order valence-corrected chi connectivity index (χ0v) is 5.17. The molecule has 4 nitrogen and oxygen atoms in total. The van der Waals surface area contributed by atoms with E-state index in [4.69, 9.17) is 0 Å². The maximum atomic E-state index is 9.99. The van der Waals surface area contributed by atoms with Gasteiger partial charge < -0.3 is 9.90 Å². The van der Waals surface area contributed by atoms with Gasteiger partial charge in [0, 0.05) is 0 Å². The minimum Gasteiger partial charge on any atom is -0.496 e. The number of quaternary nitrogens is 1. The Labute approximate surface area is 47.8 Å². The molecule has 0 rings (SSSR count). The molecule has 0 saturated carbocycles. The maximum Gasteiger partial charge on any atom is 0.291 e. The number of hydrogen-bond donors (Lipinski definition) is 0. The van der Waals surface area contributed by atoms with Gasteiger partial charge in [0.25, 0.3) is 6.09 Å². The van der Waals surface area contributed by atoms with Gasteiger partial charge in [-0.15, -0.1) is 4.65 Å². The average molecular weight is 119 g/mol. The molecule has 1 amide bonds. The van der Waals surface area contributed by atoms with E-state index in [1.807, 2.05) is 0 Å². The lowest BCUT2D eigenvalue weighted by Crippen LogP contribution is -2.51. The fourth-order valence-corrected chi connectivity index (χ4v) is 0.0745. The highest BCUT2D eigenvalue weighted by Crippen LogP contribution is 1.92. The van der Waals surface area contributed by atoms with Crippen molar-refractivity contribution in [2.45, 2.75) is 0 Å². The van der Waals surface area contributed by atoms with Crippen LogP contribution in [0.5, 0.6) is 0 Å². The summed E-state index contributed by atoms with van der Waals surface area (Å²) in [5.74, 6) is 0. The third-order valence-electron chi connectivity index (χ3n) is 0.896. The Morgan fingerprint density at radius 2 is 2.00 bits per heavy atom. The summed E-state index contributed by atoms with van der Waals surface area (Å²) in [6.45, 7) is 0.